The number of hydrogen-bond donors (Lipinski definition) is 0. The van der Waals surface area contributed by atoms with Crippen molar-refractivity contribution in [2.24, 2.45) is 0 Å². The molecule has 0 atom stereocenters. The molecule has 0 saturated heterocycles. The fourth-order valence-electron chi connectivity index (χ4n) is 0. The number of rotatable bonds is 0. The van der Waals surface area contributed by atoms with E-state index in [1.165, 1.54) is 0 Å². The molecule has 9 heavy (non-hydrogen) atoms. The summed E-state index contributed by atoms with van der Waals surface area (Å²) in [5, 5.41) is 0. The van der Waals surface area contributed by atoms with Crippen LogP contribution in [0.25, 0.3) is 0 Å². The first kappa shape index (κ1) is 22.4. The maximum Gasteiger partial charge on any atom is 1.00 e. The van der Waals surface area contributed by atoms with Crippen LogP contribution in [-0.4, -0.2) is 21.7 Å². The standard InChI is InChI=1S/2Na.H2O3S.O2S/c;;1-4(2)3;1-3-2/h;;(H2,1,2,3);/q2*+1;;/p-2. The van der Waals surface area contributed by atoms with Crippen LogP contribution in [0.1, 0.15) is 0 Å². The molecule has 0 N–H and O–H groups in total. The monoisotopic (exact) mass is 190 g/mol. The molecule has 44 valence electrons. The molecular formula is Na2O5S2. The van der Waals surface area contributed by atoms with Crippen LogP contribution in [-0.2, 0) is 22.9 Å². The molecule has 0 rings (SSSR count). The van der Waals surface area contributed by atoms with Crippen LogP contribution in [0.15, 0.2) is 0 Å². The Hall–Kier alpha value is 1.89. The van der Waals surface area contributed by atoms with Gasteiger partial charge in [0.2, 0.25) is 0 Å². The van der Waals surface area contributed by atoms with E-state index in [1.807, 2.05) is 0 Å². The molecule has 0 fully saturated rings. The minimum absolute atomic E-state index is 0. The van der Waals surface area contributed by atoms with E-state index in [4.69, 9.17) is 21.7 Å². The van der Waals surface area contributed by atoms with E-state index in [9.17, 15) is 0 Å². The third-order valence-corrected chi connectivity index (χ3v) is 0. The quantitative estimate of drug-likeness (QED) is 0.279. The molecule has 0 aliphatic rings. The molecule has 0 spiro atoms. The Morgan fingerprint density at radius 3 is 1.11 bits per heavy atom. The first-order valence-corrected chi connectivity index (χ1v) is 2.50. The molecule has 0 amide bonds. The molecule has 0 aromatic rings. The van der Waals surface area contributed by atoms with E-state index < -0.39 is 22.9 Å². The van der Waals surface area contributed by atoms with Gasteiger partial charge in [-0.1, -0.05) is 0 Å². The van der Waals surface area contributed by atoms with Crippen LogP contribution < -0.4 is 59.1 Å². The molecule has 0 saturated carbocycles. The molecule has 0 radical (unpaired) electrons. The first-order valence-electron chi connectivity index (χ1n) is 0.833. The average molecular weight is 190 g/mol. The van der Waals surface area contributed by atoms with E-state index in [-0.39, 0.29) is 59.1 Å². The van der Waals surface area contributed by atoms with Crippen molar-refractivity contribution in [1.82, 2.24) is 0 Å². The van der Waals surface area contributed by atoms with Gasteiger partial charge in [-0.05, 0) is 0 Å². The Labute approximate surface area is 102 Å². The maximum atomic E-state index is 8.44. The van der Waals surface area contributed by atoms with Crippen molar-refractivity contribution in [1.29, 1.82) is 0 Å². The topological polar surface area (TPSA) is 97.3 Å². The van der Waals surface area contributed by atoms with Gasteiger partial charge in [0, 0.05) is 0 Å². The summed E-state index contributed by atoms with van der Waals surface area (Å²) in [6, 6.07) is 0. The van der Waals surface area contributed by atoms with Gasteiger partial charge in [0.1, 0.15) is 0 Å². The minimum Gasteiger partial charge on any atom is -0.784 e. The normalized spacial score (nSPS) is 5.22. The number of hydrogen-bond acceptors (Lipinski definition) is 5. The zero-order chi connectivity index (χ0) is 6.28. The second kappa shape index (κ2) is 22.5. The molecule has 9 heteroatoms. The summed E-state index contributed by atoms with van der Waals surface area (Å²) in [5.74, 6) is 0. The maximum absolute atomic E-state index is 8.44. The summed E-state index contributed by atoms with van der Waals surface area (Å²) in [6.45, 7) is 0. The first-order chi connectivity index (χ1) is 3.15. The van der Waals surface area contributed by atoms with E-state index in [0.717, 1.165) is 0 Å². The predicted octanol–water partition coefficient (Wildman–Crippen LogP) is -7.67. The molecule has 0 aliphatic heterocycles. The molecule has 0 aliphatic carbocycles. The summed E-state index contributed by atoms with van der Waals surface area (Å²) in [4.78, 5) is 0. The Morgan fingerprint density at radius 1 is 1.11 bits per heavy atom. The summed E-state index contributed by atoms with van der Waals surface area (Å²) >= 11 is -3.86. The molecule has 0 unspecified atom stereocenters. The van der Waals surface area contributed by atoms with Gasteiger partial charge in [-0.2, -0.15) is 8.42 Å². The van der Waals surface area contributed by atoms with Gasteiger partial charge in [0.15, 0.2) is 0 Å². The van der Waals surface area contributed by atoms with Crippen LogP contribution >= 0.6 is 0 Å². The second-order valence-corrected chi connectivity index (χ2v) is 0.816. The van der Waals surface area contributed by atoms with Gasteiger partial charge in [0.05, 0.1) is 0 Å². The molecule has 5 nitrogen and oxygen atoms in total. The third kappa shape index (κ3) is 172. The second-order valence-electron chi connectivity index (χ2n) is 0.272. The van der Waals surface area contributed by atoms with Crippen molar-refractivity contribution in [3.05, 3.63) is 0 Å². The average Bonchev–Trinajstić information content (AvgIpc) is 1.33. The Morgan fingerprint density at radius 2 is 1.11 bits per heavy atom. The SMILES string of the molecule is O=S([O-])[O-].O=S=O.[Na+].[Na+]. The summed E-state index contributed by atoms with van der Waals surface area (Å²) < 4.78 is 41.9. The Bertz CT molecular complexity index is 81.0. The largest absolute Gasteiger partial charge is 1.00 e. The Balaban J connectivity index is -0.0000000233. The zero-order valence-corrected chi connectivity index (χ0v) is 10.5. The van der Waals surface area contributed by atoms with Crippen molar-refractivity contribution < 1.29 is 80.8 Å². The van der Waals surface area contributed by atoms with Crippen molar-refractivity contribution >= 4 is 22.9 Å². The van der Waals surface area contributed by atoms with E-state index >= 15 is 0 Å². The van der Waals surface area contributed by atoms with Crippen LogP contribution in [0, 0.1) is 0 Å². The van der Waals surface area contributed by atoms with E-state index in [1.54, 1.807) is 0 Å². The summed E-state index contributed by atoms with van der Waals surface area (Å²) in [5.41, 5.74) is 0. The van der Waals surface area contributed by atoms with Gasteiger partial charge in [-0.25, -0.2) is 0 Å². The molecule has 0 aromatic heterocycles. The Kier molecular flexibility index (Phi) is 56.2. The van der Waals surface area contributed by atoms with Crippen molar-refractivity contribution in [2.75, 3.05) is 0 Å². The fourth-order valence-corrected chi connectivity index (χ4v) is 0. The molecule has 0 aromatic carbocycles. The fraction of sp³-hybridized carbons (Fsp3) is 0. The van der Waals surface area contributed by atoms with Gasteiger partial charge in [-0.3, -0.25) is 4.21 Å². The van der Waals surface area contributed by atoms with E-state index in [2.05, 4.69) is 0 Å². The van der Waals surface area contributed by atoms with Gasteiger partial charge >= 0.3 is 70.7 Å². The molecule has 0 heterocycles. The van der Waals surface area contributed by atoms with Crippen molar-refractivity contribution in [3.63, 3.8) is 0 Å². The third-order valence-electron chi connectivity index (χ3n) is 0. The van der Waals surface area contributed by atoms with Crippen molar-refractivity contribution in [2.45, 2.75) is 0 Å². The van der Waals surface area contributed by atoms with Crippen molar-refractivity contribution in [3.8, 4) is 0 Å². The van der Waals surface area contributed by atoms with Crippen LogP contribution in [0.4, 0.5) is 0 Å². The molecular weight excluding hydrogens is 190 g/mol. The minimum atomic E-state index is -3.11. The van der Waals surface area contributed by atoms with Gasteiger partial charge in [0.25, 0.3) is 0 Å². The summed E-state index contributed by atoms with van der Waals surface area (Å²) in [6.07, 6.45) is 0. The van der Waals surface area contributed by atoms with E-state index in [0.29, 0.717) is 0 Å². The smallest absolute Gasteiger partial charge is 0.784 e. The van der Waals surface area contributed by atoms with Crippen LogP contribution in [0.2, 0.25) is 0 Å². The summed E-state index contributed by atoms with van der Waals surface area (Å²) in [7, 11) is 0. The van der Waals surface area contributed by atoms with Gasteiger partial charge < -0.3 is 9.11 Å². The zero-order valence-electron chi connectivity index (χ0n) is 4.86. The predicted molar refractivity (Wildman–Crippen MR) is 18.6 cm³/mol. The van der Waals surface area contributed by atoms with Crippen LogP contribution in [0.5, 0.6) is 0 Å². The van der Waals surface area contributed by atoms with Crippen LogP contribution in [0.3, 0.4) is 0 Å². The molecule has 0 bridgehead atoms. The van der Waals surface area contributed by atoms with Gasteiger partial charge in [-0.15, -0.1) is 11.4 Å².